The van der Waals surface area contributed by atoms with Gasteiger partial charge in [-0.15, -0.1) is 0 Å². The van der Waals surface area contributed by atoms with Crippen molar-refractivity contribution in [3.63, 3.8) is 0 Å². The molecule has 1 amide bonds. The van der Waals surface area contributed by atoms with Crippen LogP contribution in [0.4, 0.5) is 11.5 Å². The summed E-state index contributed by atoms with van der Waals surface area (Å²) in [6, 6.07) is 7.95. The molecule has 0 saturated heterocycles. The SMILES string of the molecule is CCCCN(C(=O)COC(=O)CCCc1c[nH]c2ccccc12)c1c(N)n(CCC)c(=O)[nH]c1=O. The van der Waals surface area contributed by atoms with Gasteiger partial charge in [-0.3, -0.25) is 23.9 Å². The second kappa shape index (κ2) is 12.0. The number of fused-ring (bicyclic) bond motifs is 1. The Morgan fingerprint density at radius 1 is 1.11 bits per heavy atom. The number of hydrogen-bond acceptors (Lipinski definition) is 6. The number of para-hydroxylation sites is 1. The molecule has 0 spiro atoms. The Morgan fingerprint density at radius 2 is 1.89 bits per heavy atom. The number of amides is 1. The van der Waals surface area contributed by atoms with Crippen LogP contribution in [0.3, 0.4) is 0 Å². The Morgan fingerprint density at radius 3 is 2.63 bits per heavy atom. The summed E-state index contributed by atoms with van der Waals surface area (Å²) < 4.78 is 6.45. The molecule has 0 aliphatic heterocycles. The Balaban J connectivity index is 1.63. The van der Waals surface area contributed by atoms with Gasteiger partial charge in [0.15, 0.2) is 12.3 Å². The number of ether oxygens (including phenoxy) is 1. The highest BCUT2D eigenvalue weighted by atomic mass is 16.5. The number of unbranched alkanes of at least 4 members (excludes halogenated alkanes) is 1. The molecule has 2 heterocycles. The van der Waals surface area contributed by atoms with Crippen LogP contribution in [0.5, 0.6) is 0 Å². The summed E-state index contributed by atoms with van der Waals surface area (Å²) in [5.41, 5.74) is 6.83. The van der Waals surface area contributed by atoms with Crippen molar-refractivity contribution in [1.82, 2.24) is 14.5 Å². The maximum absolute atomic E-state index is 13.0. The van der Waals surface area contributed by atoms with Crippen molar-refractivity contribution < 1.29 is 14.3 Å². The summed E-state index contributed by atoms with van der Waals surface area (Å²) >= 11 is 0. The van der Waals surface area contributed by atoms with Gasteiger partial charge in [-0.05, 0) is 37.3 Å². The molecule has 3 rings (SSSR count). The third-order valence-electron chi connectivity index (χ3n) is 5.83. The Bertz CT molecular complexity index is 1290. The molecule has 4 N–H and O–H groups in total. The highest BCUT2D eigenvalue weighted by Gasteiger charge is 2.24. The molecule has 3 aromatic rings. The van der Waals surface area contributed by atoms with Gasteiger partial charge >= 0.3 is 11.7 Å². The fourth-order valence-corrected chi connectivity index (χ4v) is 4.02. The third kappa shape index (κ3) is 6.20. The quantitative estimate of drug-likeness (QED) is 0.338. The summed E-state index contributed by atoms with van der Waals surface area (Å²) in [6.45, 7) is 3.82. The summed E-state index contributed by atoms with van der Waals surface area (Å²) in [5.74, 6) is -1.14. The molecule has 0 aliphatic carbocycles. The second-order valence-corrected chi connectivity index (χ2v) is 8.42. The van der Waals surface area contributed by atoms with E-state index in [4.69, 9.17) is 10.5 Å². The van der Waals surface area contributed by atoms with E-state index in [-0.39, 0.29) is 24.5 Å². The molecular weight excluding hydrogens is 450 g/mol. The molecule has 0 saturated carbocycles. The van der Waals surface area contributed by atoms with Gasteiger partial charge in [0.1, 0.15) is 5.82 Å². The molecule has 2 aromatic heterocycles. The number of aromatic nitrogens is 3. The van der Waals surface area contributed by atoms with Crippen LogP contribution in [0.15, 0.2) is 40.1 Å². The number of anilines is 2. The summed E-state index contributed by atoms with van der Waals surface area (Å²) in [5, 5.41) is 1.12. The average molecular weight is 484 g/mol. The zero-order valence-corrected chi connectivity index (χ0v) is 20.3. The number of nitrogens with zero attached hydrogens (tertiary/aromatic N) is 2. The number of hydrogen-bond donors (Lipinski definition) is 3. The lowest BCUT2D eigenvalue weighted by Crippen LogP contribution is -2.43. The van der Waals surface area contributed by atoms with E-state index in [1.54, 1.807) is 0 Å². The van der Waals surface area contributed by atoms with Gasteiger partial charge in [0, 0.05) is 36.6 Å². The van der Waals surface area contributed by atoms with Gasteiger partial charge < -0.3 is 20.4 Å². The van der Waals surface area contributed by atoms with E-state index < -0.39 is 29.7 Å². The molecule has 0 atom stereocenters. The zero-order valence-electron chi connectivity index (χ0n) is 20.3. The number of nitrogens with two attached hydrogens (primary N) is 1. The van der Waals surface area contributed by atoms with Crippen LogP contribution < -0.4 is 21.9 Å². The molecule has 35 heavy (non-hydrogen) atoms. The number of carbonyl (C=O) groups is 2. The van der Waals surface area contributed by atoms with Crippen molar-refractivity contribution >= 4 is 34.3 Å². The largest absolute Gasteiger partial charge is 0.456 e. The summed E-state index contributed by atoms with van der Waals surface area (Å²) in [7, 11) is 0. The lowest BCUT2D eigenvalue weighted by molar-refractivity contribution is -0.147. The Labute approximate surface area is 203 Å². The van der Waals surface area contributed by atoms with Crippen molar-refractivity contribution in [3.05, 3.63) is 56.9 Å². The van der Waals surface area contributed by atoms with Crippen molar-refractivity contribution in [2.24, 2.45) is 0 Å². The first-order valence-corrected chi connectivity index (χ1v) is 12.0. The lowest BCUT2D eigenvalue weighted by Gasteiger charge is -2.24. The zero-order chi connectivity index (χ0) is 25.4. The number of aromatic amines is 2. The monoisotopic (exact) mass is 483 g/mol. The van der Waals surface area contributed by atoms with Crippen molar-refractivity contribution in [1.29, 1.82) is 0 Å². The van der Waals surface area contributed by atoms with Gasteiger partial charge in [-0.1, -0.05) is 38.5 Å². The molecule has 0 bridgehead atoms. The number of rotatable bonds is 12. The maximum atomic E-state index is 13.0. The molecule has 1 aromatic carbocycles. The van der Waals surface area contributed by atoms with Crippen molar-refractivity contribution in [3.8, 4) is 0 Å². The maximum Gasteiger partial charge on any atom is 0.330 e. The van der Waals surface area contributed by atoms with E-state index in [1.165, 1.54) is 9.47 Å². The summed E-state index contributed by atoms with van der Waals surface area (Å²) in [6.07, 6.45) is 5.36. The fourth-order valence-electron chi connectivity index (χ4n) is 4.02. The van der Waals surface area contributed by atoms with Crippen LogP contribution in [0.1, 0.15) is 51.5 Å². The fraction of sp³-hybridized carbons (Fsp3) is 0.440. The van der Waals surface area contributed by atoms with Gasteiger partial charge in [-0.2, -0.15) is 0 Å². The number of H-pyrrole nitrogens is 2. The normalized spacial score (nSPS) is 11.0. The van der Waals surface area contributed by atoms with Crippen molar-refractivity contribution in [2.45, 2.75) is 58.9 Å². The predicted molar refractivity (Wildman–Crippen MR) is 135 cm³/mol. The van der Waals surface area contributed by atoms with E-state index in [0.29, 0.717) is 32.2 Å². The second-order valence-electron chi connectivity index (χ2n) is 8.42. The number of benzene rings is 1. The van der Waals surface area contributed by atoms with Crippen LogP contribution in [0.25, 0.3) is 10.9 Å². The Kier molecular flexibility index (Phi) is 8.88. The van der Waals surface area contributed by atoms with E-state index in [9.17, 15) is 19.2 Å². The van der Waals surface area contributed by atoms with Gasteiger partial charge in [0.25, 0.3) is 11.5 Å². The highest BCUT2D eigenvalue weighted by molar-refractivity contribution is 5.97. The Hall–Kier alpha value is -3.82. The van der Waals surface area contributed by atoms with Crippen molar-refractivity contribution in [2.75, 3.05) is 23.8 Å². The average Bonchev–Trinajstić information content (AvgIpc) is 3.25. The standard InChI is InChI=1S/C25H33N5O5/c1-3-5-14-29(22-23(26)30(13-4-2)25(34)28-24(22)33)20(31)16-35-21(32)12-8-9-17-15-27-19-11-7-6-10-18(17)19/h6-7,10-11,15,27H,3-5,8-9,12-14,16,26H2,1-2H3,(H,28,33,34). The van der Waals surface area contributed by atoms with Gasteiger partial charge in [-0.25, -0.2) is 4.79 Å². The first kappa shape index (κ1) is 25.8. The van der Waals surface area contributed by atoms with E-state index in [1.807, 2.05) is 44.3 Å². The highest BCUT2D eigenvalue weighted by Crippen LogP contribution is 2.20. The smallest absolute Gasteiger partial charge is 0.330 e. The molecule has 0 radical (unpaired) electrons. The molecule has 188 valence electrons. The predicted octanol–water partition coefficient (Wildman–Crippen LogP) is 2.71. The van der Waals surface area contributed by atoms with Crippen LogP contribution in [0.2, 0.25) is 0 Å². The number of nitrogens with one attached hydrogen (secondary N) is 2. The van der Waals surface area contributed by atoms with E-state index in [2.05, 4.69) is 9.97 Å². The van der Waals surface area contributed by atoms with Crippen LogP contribution in [-0.2, 0) is 27.3 Å². The summed E-state index contributed by atoms with van der Waals surface area (Å²) in [4.78, 5) is 56.6. The number of aryl methyl sites for hydroxylation is 1. The molecule has 10 heteroatoms. The first-order valence-electron chi connectivity index (χ1n) is 12.0. The molecule has 0 unspecified atom stereocenters. The molecule has 0 fully saturated rings. The number of esters is 1. The van der Waals surface area contributed by atoms with Gasteiger partial charge in [0.05, 0.1) is 0 Å². The lowest BCUT2D eigenvalue weighted by atomic mass is 10.1. The molecule has 10 nitrogen and oxygen atoms in total. The van der Waals surface area contributed by atoms with E-state index >= 15 is 0 Å². The minimum absolute atomic E-state index is 0.0740. The van der Waals surface area contributed by atoms with Crippen LogP contribution >= 0.6 is 0 Å². The molecular formula is C25H33N5O5. The number of nitrogen functional groups attached to an aromatic ring is 1. The third-order valence-corrected chi connectivity index (χ3v) is 5.83. The minimum atomic E-state index is -0.741. The van der Waals surface area contributed by atoms with Crippen LogP contribution in [-0.4, -0.2) is 39.6 Å². The van der Waals surface area contributed by atoms with E-state index in [0.717, 1.165) is 22.9 Å². The van der Waals surface area contributed by atoms with Crippen LogP contribution in [0, 0.1) is 0 Å². The minimum Gasteiger partial charge on any atom is -0.456 e. The molecule has 0 aliphatic rings. The van der Waals surface area contributed by atoms with Gasteiger partial charge in [0.2, 0.25) is 0 Å². The number of carbonyl (C=O) groups excluding carboxylic acids is 2. The topological polar surface area (TPSA) is 143 Å². The first-order chi connectivity index (χ1) is 16.9.